The van der Waals surface area contributed by atoms with Crippen LogP contribution < -0.4 is 19.5 Å². The number of hydrogen-bond donors (Lipinski definition) is 1. The highest BCUT2D eigenvalue weighted by Gasteiger charge is 2.18. The number of carbonyl (C=O) groups excluding carboxylic acids is 1. The summed E-state index contributed by atoms with van der Waals surface area (Å²) in [5.74, 6) is 1.71. The van der Waals surface area contributed by atoms with E-state index in [-0.39, 0.29) is 5.91 Å². The van der Waals surface area contributed by atoms with Crippen LogP contribution in [0.1, 0.15) is 13.3 Å². The van der Waals surface area contributed by atoms with E-state index in [9.17, 15) is 4.79 Å². The molecular weight excluding hydrogens is 342 g/mol. The standard InChI is InChI=1S/C19H22ClNO4/c1-3-17(25-18-10-5-4-9-16(18)20)19(22)21-11-12-24-15-8-6-7-14(13-15)23-2/h4-10,13,17H,3,11-12H2,1-2H3,(H,21,22)/t17-/m0/s1. The van der Waals surface area contributed by atoms with Gasteiger partial charge in [0.05, 0.1) is 18.7 Å². The van der Waals surface area contributed by atoms with Crippen LogP contribution in [0.5, 0.6) is 17.2 Å². The highest BCUT2D eigenvalue weighted by atomic mass is 35.5. The number of halogens is 1. The molecule has 0 radical (unpaired) electrons. The van der Waals surface area contributed by atoms with E-state index in [0.717, 1.165) is 5.75 Å². The van der Waals surface area contributed by atoms with Crippen molar-refractivity contribution in [1.82, 2.24) is 5.32 Å². The molecule has 6 heteroatoms. The molecule has 25 heavy (non-hydrogen) atoms. The van der Waals surface area contributed by atoms with Gasteiger partial charge in [-0.25, -0.2) is 0 Å². The molecule has 0 heterocycles. The summed E-state index contributed by atoms with van der Waals surface area (Å²) in [6.45, 7) is 2.60. The van der Waals surface area contributed by atoms with Crippen LogP contribution in [0.3, 0.4) is 0 Å². The van der Waals surface area contributed by atoms with Crippen molar-refractivity contribution < 1.29 is 19.0 Å². The van der Waals surface area contributed by atoms with Crippen LogP contribution in [0.2, 0.25) is 5.02 Å². The molecule has 0 spiro atoms. The van der Waals surface area contributed by atoms with Crippen molar-refractivity contribution in [3.05, 3.63) is 53.6 Å². The second-order valence-corrected chi connectivity index (χ2v) is 5.67. The topological polar surface area (TPSA) is 56.8 Å². The third kappa shape index (κ3) is 5.87. The third-order valence-electron chi connectivity index (χ3n) is 3.48. The van der Waals surface area contributed by atoms with E-state index in [1.54, 1.807) is 25.3 Å². The highest BCUT2D eigenvalue weighted by molar-refractivity contribution is 6.32. The van der Waals surface area contributed by atoms with Crippen LogP contribution in [0.15, 0.2) is 48.5 Å². The minimum Gasteiger partial charge on any atom is -0.497 e. The first-order valence-corrected chi connectivity index (χ1v) is 8.47. The highest BCUT2D eigenvalue weighted by Crippen LogP contribution is 2.24. The average molecular weight is 364 g/mol. The molecule has 0 saturated heterocycles. The third-order valence-corrected chi connectivity index (χ3v) is 3.79. The molecule has 2 aromatic carbocycles. The number of methoxy groups -OCH3 is 1. The minimum absolute atomic E-state index is 0.198. The number of hydrogen-bond acceptors (Lipinski definition) is 4. The Bertz CT molecular complexity index is 693. The van der Waals surface area contributed by atoms with Crippen molar-refractivity contribution in [1.29, 1.82) is 0 Å². The van der Waals surface area contributed by atoms with Crippen LogP contribution in [0, 0.1) is 0 Å². The number of para-hydroxylation sites is 1. The first kappa shape index (κ1) is 18.9. The molecule has 5 nitrogen and oxygen atoms in total. The summed E-state index contributed by atoms with van der Waals surface area (Å²) in [6, 6.07) is 14.4. The molecule has 2 rings (SSSR count). The summed E-state index contributed by atoms with van der Waals surface area (Å²) in [5.41, 5.74) is 0. The monoisotopic (exact) mass is 363 g/mol. The lowest BCUT2D eigenvalue weighted by Gasteiger charge is -2.18. The molecule has 2 aromatic rings. The van der Waals surface area contributed by atoms with Gasteiger partial charge in [0.15, 0.2) is 6.10 Å². The lowest BCUT2D eigenvalue weighted by molar-refractivity contribution is -0.128. The fourth-order valence-corrected chi connectivity index (χ4v) is 2.34. The van der Waals surface area contributed by atoms with E-state index >= 15 is 0 Å². The number of benzene rings is 2. The van der Waals surface area contributed by atoms with E-state index in [2.05, 4.69) is 5.32 Å². The summed E-state index contributed by atoms with van der Waals surface area (Å²) in [6.07, 6.45) is -0.0647. The van der Waals surface area contributed by atoms with Gasteiger partial charge < -0.3 is 19.5 Å². The number of amides is 1. The summed E-state index contributed by atoms with van der Waals surface area (Å²) >= 11 is 6.06. The minimum atomic E-state index is -0.600. The van der Waals surface area contributed by atoms with Crippen molar-refractivity contribution in [2.75, 3.05) is 20.3 Å². The van der Waals surface area contributed by atoms with Crippen molar-refractivity contribution in [2.45, 2.75) is 19.4 Å². The Balaban J connectivity index is 1.79. The summed E-state index contributed by atoms with van der Waals surface area (Å²) in [7, 11) is 1.60. The van der Waals surface area contributed by atoms with Gasteiger partial charge in [-0.1, -0.05) is 36.7 Å². The Morgan fingerprint density at radius 1 is 1.16 bits per heavy atom. The number of ether oxygens (including phenoxy) is 3. The number of rotatable bonds is 9. The number of carbonyl (C=O) groups is 1. The maximum Gasteiger partial charge on any atom is 0.261 e. The zero-order valence-corrected chi connectivity index (χ0v) is 15.1. The van der Waals surface area contributed by atoms with Crippen molar-refractivity contribution >= 4 is 17.5 Å². The Labute approximate surface area is 152 Å². The normalized spacial score (nSPS) is 11.5. The van der Waals surface area contributed by atoms with Gasteiger partial charge in [-0.3, -0.25) is 4.79 Å². The number of nitrogens with one attached hydrogen (secondary N) is 1. The Hall–Kier alpha value is -2.40. The van der Waals surface area contributed by atoms with E-state index in [1.165, 1.54) is 0 Å². The van der Waals surface area contributed by atoms with Gasteiger partial charge in [0.2, 0.25) is 0 Å². The molecule has 0 aromatic heterocycles. The van der Waals surface area contributed by atoms with Crippen molar-refractivity contribution in [3.8, 4) is 17.2 Å². The molecule has 1 atom stereocenters. The van der Waals surface area contributed by atoms with Crippen LogP contribution >= 0.6 is 11.6 Å². The molecule has 0 fully saturated rings. The van der Waals surface area contributed by atoms with E-state index < -0.39 is 6.10 Å². The van der Waals surface area contributed by atoms with Crippen LogP contribution in [0.25, 0.3) is 0 Å². The fourth-order valence-electron chi connectivity index (χ4n) is 2.16. The van der Waals surface area contributed by atoms with Gasteiger partial charge in [0.25, 0.3) is 5.91 Å². The molecule has 0 aliphatic heterocycles. The molecule has 0 aliphatic rings. The maximum atomic E-state index is 12.2. The predicted octanol–water partition coefficient (Wildman–Crippen LogP) is 3.70. The van der Waals surface area contributed by atoms with Gasteiger partial charge in [0.1, 0.15) is 23.9 Å². The smallest absolute Gasteiger partial charge is 0.261 e. The molecule has 1 N–H and O–H groups in total. The molecule has 0 unspecified atom stereocenters. The van der Waals surface area contributed by atoms with Gasteiger partial charge in [-0.05, 0) is 30.7 Å². The van der Waals surface area contributed by atoms with Gasteiger partial charge >= 0.3 is 0 Å². The van der Waals surface area contributed by atoms with Gasteiger partial charge in [-0.2, -0.15) is 0 Å². The van der Waals surface area contributed by atoms with Crippen LogP contribution in [0.4, 0.5) is 0 Å². The van der Waals surface area contributed by atoms with Crippen molar-refractivity contribution in [3.63, 3.8) is 0 Å². The van der Waals surface area contributed by atoms with Gasteiger partial charge in [0, 0.05) is 6.07 Å². The van der Waals surface area contributed by atoms with Crippen molar-refractivity contribution in [2.24, 2.45) is 0 Å². The lowest BCUT2D eigenvalue weighted by Crippen LogP contribution is -2.39. The Morgan fingerprint density at radius 3 is 2.64 bits per heavy atom. The maximum absolute atomic E-state index is 12.2. The SMILES string of the molecule is CC[C@H](Oc1ccccc1Cl)C(=O)NCCOc1cccc(OC)c1. The largest absolute Gasteiger partial charge is 0.497 e. The molecule has 0 aliphatic carbocycles. The summed E-state index contributed by atoms with van der Waals surface area (Å²) in [5, 5.41) is 3.29. The molecular formula is C19H22ClNO4. The van der Waals surface area contributed by atoms with E-state index in [4.69, 9.17) is 25.8 Å². The van der Waals surface area contributed by atoms with E-state index in [0.29, 0.717) is 36.1 Å². The lowest BCUT2D eigenvalue weighted by atomic mass is 10.2. The Kier molecular flexibility index (Phi) is 7.41. The van der Waals surface area contributed by atoms with E-state index in [1.807, 2.05) is 37.3 Å². The molecule has 134 valence electrons. The molecule has 1 amide bonds. The Morgan fingerprint density at radius 2 is 1.92 bits per heavy atom. The van der Waals surface area contributed by atoms with Gasteiger partial charge in [-0.15, -0.1) is 0 Å². The zero-order valence-electron chi connectivity index (χ0n) is 14.3. The van der Waals surface area contributed by atoms with Crippen LogP contribution in [-0.2, 0) is 4.79 Å². The predicted molar refractivity (Wildman–Crippen MR) is 97.7 cm³/mol. The molecule has 0 saturated carbocycles. The fraction of sp³-hybridized carbons (Fsp3) is 0.316. The second-order valence-electron chi connectivity index (χ2n) is 5.26. The molecule has 0 bridgehead atoms. The summed E-state index contributed by atoms with van der Waals surface area (Å²) in [4.78, 5) is 12.2. The quantitative estimate of drug-likeness (QED) is 0.690. The first-order valence-electron chi connectivity index (χ1n) is 8.09. The zero-order chi connectivity index (χ0) is 18.1. The van der Waals surface area contributed by atoms with Crippen LogP contribution in [-0.4, -0.2) is 32.3 Å². The first-order chi connectivity index (χ1) is 12.1. The second kappa shape index (κ2) is 9.79. The average Bonchev–Trinajstić information content (AvgIpc) is 2.64. The summed E-state index contributed by atoms with van der Waals surface area (Å²) < 4.78 is 16.4.